The normalized spacial score (nSPS) is 29.1. The van der Waals surface area contributed by atoms with Crippen molar-refractivity contribution in [2.45, 2.75) is 70.6 Å². The van der Waals surface area contributed by atoms with Gasteiger partial charge in [0.2, 0.25) is 0 Å². The van der Waals surface area contributed by atoms with E-state index >= 15 is 0 Å². The molecule has 0 radical (unpaired) electrons. The molecule has 3 unspecified atom stereocenters. The molecule has 1 fully saturated rings. The van der Waals surface area contributed by atoms with Crippen LogP contribution >= 0.6 is 0 Å². The average Bonchev–Trinajstić information content (AvgIpc) is 2.17. The van der Waals surface area contributed by atoms with E-state index < -0.39 is 12.1 Å². The summed E-state index contributed by atoms with van der Waals surface area (Å²) in [7, 11) is 0. The molecule has 1 rings (SSSR count). The monoisotopic (exact) mass is 237 g/mol. The first kappa shape index (κ1) is 13.8. The Labute approximate surface area is 95.8 Å². The Kier molecular flexibility index (Phi) is 5.09. The zero-order chi connectivity index (χ0) is 12.2. The van der Waals surface area contributed by atoms with E-state index in [1.165, 1.54) is 0 Å². The van der Waals surface area contributed by atoms with Crippen LogP contribution in [0.3, 0.4) is 0 Å². The number of nitrogens with one attached hydrogen (secondary N) is 1. The Morgan fingerprint density at radius 2 is 2.00 bits per heavy atom. The Morgan fingerprint density at radius 1 is 1.31 bits per heavy atom. The molecule has 16 heavy (non-hydrogen) atoms. The van der Waals surface area contributed by atoms with Crippen molar-refractivity contribution in [2.24, 2.45) is 5.92 Å². The molecule has 1 nitrogen and oxygen atoms in total. The Bertz CT molecular complexity index is 203. The van der Waals surface area contributed by atoms with Crippen molar-refractivity contribution in [3.63, 3.8) is 0 Å². The molecule has 0 heterocycles. The summed E-state index contributed by atoms with van der Waals surface area (Å²) >= 11 is 0. The minimum Gasteiger partial charge on any atom is -0.311 e. The zero-order valence-corrected chi connectivity index (χ0v) is 10.1. The first-order valence-corrected chi connectivity index (χ1v) is 6.26. The van der Waals surface area contributed by atoms with Gasteiger partial charge in [-0.15, -0.1) is 0 Å². The van der Waals surface area contributed by atoms with Gasteiger partial charge in [0.05, 0.1) is 5.92 Å². The van der Waals surface area contributed by atoms with E-state index in [1.54, 1.807) is 0 Å². The molecule has 0 saturated heterocycles. The first-order chi connectivity index (χ1) is 7.43. The summed E-state index contributed by atoms with van der Waals surface area (Å²) in [5.74, 6) is -1.09. The summed E-state index contributed by atoms with van der Waals surface area (Å²) in [5.41, 5.74) is 0. The van der Waals surface area contributed by atoms with Crippen molar-refractivity contribution in [3.05, 3.63) is 0 Å². The molecule has 1 N–H and O–H groups in total. The van der Waals surface area contributed by atoms with Crippen LogP contribution < -0.4 is 5.32 Å². The third-order valence-electron chi connectivity index (χ3n) is 3.38. The average molecular weight is 237 g/mol. The third kappa shape index (κ3) is 4.32. The van der Waals surface area contributed by atoms with E-state index in [9.17, 15) is 13.2 Å². The van der Waals surface area contributed by atoms with Crippen LogP contribution in [0.5, 0.6) is 0 Å². The molecule has 3 atom stereocenters. The Morgan fingerprint density at radius 3 is 2.56 bits per heavy atom. The van der Waals surface area contributed by atoms with Crippen LogP contribution in [0.4, 0.5) is 13.2 Å². The molecule has 96 valence electrons. The molecule has 0 aromatic rings. The summed E-state index contributed by atoms with van der Waals surface area (Å²) in [6.07, 6.45) is 0.258. The maximum atomic E-state index is 12.6. The fourth-order valence-electron chi connectivity index (χ4n) is 2.56. The second-order valence-corrected chi connectivity index (χ2v) is 4.96. The van der Waals surface area contributed by atoms with Crippen LogP contribution in [0.25, 0.3) is 0 Å². The van der Waals surface area contributed by atoms with Crippen LogP contribution in [0, 0.1) is 5.92 Å². The van der Waals surface area contributed by atoms with Gasteiger partial charge >= 0.3 is 6.18 Å². The van der Waals surface area contributed by atoms with Crippen molar-refractivity contribution >= 4 is 0 Å². The SMILES string of the molecule is CCCC(C)NC1CCCC(C(F)(F)F)C1. The fourth-order valence-corrected chi connectivity index (χ4v) is 2.56. The number of hydrogen-bond acceptors (Lipinski definition) is 1. The molecule has 0 aromatic heterocycles. The van der Waals surface area contributed by atoms with Gasteiger partial charge in [-0.2, -0.15) is 13.2 Å². The van der Waals surface area contributed by atoms with Gasteiger partial charge in [-0.3, -0.25) is 0 Å². The van der Waals surface area contributed by atoms with Gasteiger partial charge in [-0.1, -0.05) is 19.8 Å². The highest BCUT2D eigenvalue weighted by Crippen LogP contribution is 2.37. The minimum atomic E-state index is -4.01. The molecule has 0 aromatic carbocycles. The number of hydrogen-bond donors (Lipinski definition) is 1. The van der Waals surface area contributed by atoms with Gasteiger partial charge in [-0.05, 0) is 32.6 Å². The third-order valence-corrected chi connectivity index (χ3v) is 3.38. The molecule has 1 aliphatic carbocycles. The number of halogens is 3. The fraction of sp³-hybridized carbons (Fsp3) is 1.00. The largest absolute Gasteiger partial charge is 0.391 e. The lowest BCUT2D eigenvalue weighted by Crippen LogP contribution is -2.42. The van der Waals surface area contributed by atoms with E-state index in [0.29, 0.717) is 18.9 Å². The van der Waals surface area contributed by atoms with Crippen molar-refractivity contribution in [3.8, 4) is 0 Å². The summed E-state index contributed by atoms with van der Waals surface area (Å²) in [6, 6.07) is 0.393. The smallest absolute Gasteiger partial charge is 0.311 e. The van der Waals surface area contributed by atoms with E-state index in [0.717, 1.165) is 19.3 Å². The summed E-state index contributed by atoms with van der Waals surface area (Å²) in [6.45, 7) is 4.15. The van der Waals surface area contributed by atoms with Gasteiger partial charge in [0.15, 0.2) is 0 Å². The Hall–Kier alpha value is -0.250. The van der Waals surface area contributed by atoms with E-state index in [4.69, 9.17) is 0 Å². The summed E-state index contributed by atoms with van der Waals surface area (Å²) < 4.78 is 37.7. The molecular weight excluding hydrogens is 215 g/mol. The maximum Gasteiger partial charge on any atom is 0.391 e. The zero-order valence-electron chi connectivity index (χ0n) is 10.1. The standard InChI is InChI=1S/C12H22F3N/c1-3-5-9(2)16-11-7-4-6-10(8-11)12(13,14)15/h9-11,16H,3-8H2,1-2H3. The quantitative estimate of drug-likeness (QED) is 0.782. The van der Waals surface area contributed by atoms with Gasteiger partial charge in [0, 0.05) is 12.1 Å². The summed E-state index contributed by atoms with van der Waals surface area (Å²) in [5, 5.41) is 3.32. The highest BCUT2D eigenvalue weighted by molar-refractivity contribution is 4.83. The lowest BCUT2D eigenvalue weighted by Gasteiger charge is -2.32. The highest BCUT2D eigenvalue weighted by Gasteiger charge is 2.42. The summed E-state index contributed by atoms with van der Waals surface area (Å²) in [4.78, 5) is 0. The van der Waals surface area contributed by atoms with Crippen molar-refractivity contribution in [2.75, 3.05) is 0 Å². The van der Waals surface area contributed by atoms with Crippen molar-refractivity contribution < 1.29 is 13.2 Å². The molecule has 4 heteroatoms. The molecule has 0 spiro atoms. The van der Waals surface area contributed by atoms with Crippen LogP contribution in [0.15, 0.2) is 0 Å². The van der Waals surface area contributed by atoms with E-state index in [-0.39, 0.29) is 12.5 Å². The van der Waals surface area contributed by atoms with Crippen molar-refractivity contribution in [1.29, 1.82) is 0 Å². The topological polar surface area (TPSA) is 12.0 Å². The molecule has 1 saturated carbocycles. The van der Waals surface area contributed by atoms with Crippen LogP contribution in [-0.4, -0.2) is 18.3 Å². The minimum absolute atomic E-state index is 0.0573. The van der Waals surface area contributed by atoms with E-state index in [1.807, 2.05) is 0 Å². The van der Waals surface area contributed by atoms with Gasteiger partial charge < -0.3 is 5.32 Å². The van der Waals surface area contributed by atoms with Gasteiger partial charge in [0.1, 0.15) is 0 Å². The van der Waals surface area contributed by atoms with Crippen LogP contribution in [0.2, 0.25) is 0 Å². The van der Waals surface area contributed by atoms with Gasteiger partial charge in [-0.25, -0.2) is 0 Å². The van der Waals surface area contributed by atoms with E-state index in [2.05, 4.69) is 19.2 Å². The lowest BCUT2D eigenvalue weighted by atomic mass is 9.85. The maximum absolute atomic E-state index is 12.6. The lowest BCUT2D eigenvalue weighted by molar-refractivity contribution is -0.183. The molecule has 0 amide bonds. The molecule has 1 aliphatic rings. The second kappa shape index (κ2) is 5.89. The van der Waals surface area contributed by atoms with Crippen molar-refractivity contribution in [1.82, 2.24) is 5.32 Å². The first-order valence-electron chi connectivity index (χ1n) is 6.26. The molecule has 0 aliphatic heterocycles. The van der Waals surface area contributed by atoms with Gasteiger partial charge in [0.25, 0.3) is 0 Å². The highest BCUT2D eigenvalue weighted by atomic mass is 19.4. The molecular formula is C12H22F3N. The number of alkyl halides is 3. The van der Waals surface area contributed by atoms with Crippen LogP contribution in [0.1, 0.15) is 52.4 Å². The predicted octanol–water partition coefficient (Wildman–Crippen LogP) is 3.89. The van der Waals surface area contributed by atoms with Crippen LogP contribution in [-0.2, 0) is 0 Å². The number of rotatable bonds is 4. The molecule has 0 bridgehead atoms. The second-order valence-electron chi connectivity index (χ2n) is 4.96. The predicted molar refractivity (Wildman–Crippen MR) is 59.3 cm³/mol. The Balaban J connectivity index is 2.39.